The van der Waals surface area contributed by atoms with E-state index >= 15 is 0 Å². The van der Waals surface area contributed by atoms with Crippen molar-refractivity contribution >= 4 is 17.7 Å². The van der Waals surface area contributed by atoms with Gasteiger partial charge in [0.2, 0.25) is 5.91 Å². The summed E-state index contributed by atoms with van der Waals surface area (Å²) in [6.07, 6.45) is 2.73. The van der Waals surface area contributed by atoms with E-state index < -0.39 is 0 Å². The number of amides is 1. The Labute approximate surface area is 93.6 Å². The fourth-order valence-corrected chi connectivity index (χ4v) is 2.67. The molecule has 0 aliphatic carbocycles. The van der Waals surface area contributed by atoms with E-state index in [0.717, 1.165) is 30.8 Å². The molecule has 1 aliphatic rings. The van der Waals surface area contributed by atoms with Gasteiger partial charge in [0, 0.05) is 29.7 Å². The number of nitrogens with one attached hydrogen (secondary N) is 1. The minimum atomic E-state index is 0.184. The van der Waals surface area contributed by atoms with Gasteiger partial charge in [-0.1, -0.05) is 5.11 Å². The van der Waals surface area contributed by atoms with Gasteiger partial charge in [-0.15, -0.1) is 0 Å². The molecule has 0 aromatic heterocycles. The van der Waals surface area contributed by atoms with E-state index in [4.69, 9.17) is 5.53 Å². The summed E-state index contributed by atoms with van der Waals surface area (Å²) >= 11 is 1.84. The second-order valence-corrected chi connectivity index (χ2v) is 4.66. The number of hydrogen-bond acceptors (Lipinski definition) is 3. The molecular weight excluding hydrogens is 212 g/mol. The molecule has 1 fully saturated rings. The summed E-state index contributed by atoms with van der Waals surface area (Å²) in [6.45, 7) is 1.21. The molecule has 1 saturated heterocycles. The maximum absolute atomic E-state index is 11.5. The highest BCUT2D eigenvalue weighted by Crippen LogP contribution is 2.23. The van der Waals surface area contributed by atoms with Crippen LogP contribution >= 0.6 is 11.8 Å². The Bertz CT molecular complexity index is 246. The number of hydrogen-bond donors (Lipinski definition) is 1. The third-order valence-electron chi connectivity index (χ3n) is 2.35. The molecule has 1 unspecified atom stereocenters. The lowest BCUT2D eigenvalue weighted by molar-refractivity contribution is -0.124. The van der Waals surface area contributed by atoms with Crippen LogP contribution in [0.1, 0.15) is 19.3 Å². The Morgan fingerprint density at radius 2 is 2.47 bits per heavy atom. The molecular formula is C9H16N4OS. The van der Waals surface area contributed by atoms with E-state index in [1.807, 2.05) is 11.8 Å². The van der Waals surface area contributed by atoms with Crippen molar-refractivity contribution in [3.05, 3.63) is 10.4 Å². The van der Waals surface area contributed by atoms with Crippen LogP contribution in [0.5, 0.6) is 0 Å². The van der Waals surface area contributed by atoms with Gasteiger partial charge in [0.25, 0.3) is 0 Å². The van der Waals surface area contributed by atoms with E-state index in [2.05, 4.69) is 15.3 Å². The smallest absolute Gasteiger partial charge is 0.223 e. The summed E-state index contributed by atoms with van der Waals surface area (Å²) in [5, 5.41) is 6.34. The lowest BCUT2D eigenvalue weighted by Gasteiger charge is -2.08. The van der Waals surface area contributed by atoms with Crippen LogP contribution in [0, 0.1) is 5.92 Å². The minimum Gasteiger partial charge on any atom is -0.356 e. The van der Waals surface area contributed by atoms with E-state index in [9.17, 15) is 4.79 Å². The summed E-state index contributed by atoms with van der Waals surface area (Å²) < 4.78 is 0. The third kappa shape index (κ3) is 4.95. The molecule has 1 N–H and O–H groups in total. The zero-order valence-corrected chi connectivity index (χ0v) is 9.50. The quantitative estimate of drug-likeness (QED) is 0.326. The van der Waals surface area contributed by atoms with Crippen LogP contribution in [0.15, 0.2) is 5.11 Å². The molecule has 6 heteroatoms. The van der Waals surface area contributed by atoms with Crippen LogP contribution in [-0.2, 0) is 4.79 Å². The Hall–Kier alpha value is -0.870. The first-order valence-electron chi connectivity index (χ1n) is 5.21. The van der Waals surface area contributed by atoms with Gasteiger partial charge in [0.05, 0.1) is 0 Å². The first-order valence-corrected chi connectivity index (χ1v) is 6.36. The zero-order chi connectivity index (χ0) is 10.9. The number of carbonyl (C=O) groups is 1. The van der Waals surface area contributed by atoms with Gasteiger partial charge in [-0.25, -0.2) is 0 Å². The van der Waals surface area contributed by atoms with Gasteiger partial charge in [0.15, 0.2) is 0 Å². The van der Waals surface area contributed by atoms with Crippen molar-refractivity contribution in [1.29, 1.82) is 0 Å². The molecule has 1 heterocycles. The number of azide groups is 1. The topological polar surface area (TPSA) is 77.9 Å². The van der Waals surface area contributed by atoms with Crippen molar-refractivity contribution in [2.24, 2.45) is 11.0 Å². The molecule has 15 heavy (non-hydrogen) atoms. The molecule has 1 rings (SSSR count). The maximum Gasteiger partial charge on any atom is 0.223 e. The lowest BCUT2D eigenvalue weighted by atomic mass is 10.1. The summed E-state index contributed by atoms with van der Waals surface area (Å²) in [6, 6.07) is 0. The van der Waals surface area contributed by atoms with E-state index in [1.54, 1.807) is 0 Å². The number of nitrogens with zero attached hydrogens (tertiary/aromatic N) is 3. The molecule has 1 aliphatic heterocycles. The van der Waals surface area contributed by atoms with Crippen molar-refractivity contribution in [2.75, 3.05) is 24.6 Å². The van der Waals surface area contributed by atoms with Gasteiger partial charge >= 0.3 is 0 Å². The van der Waals surface area contributed by atoms with Crippen LogP contribution in [0.4, 0.5) is 0 Å². The lowest BCUT2D eigenvalue weighted by Crippen LogP contribution is -2.31. The summed E-state index contributed by atoms with van der Waals surface area (Å²) in [7, 11) is 0. The van der Waals surface area contributed by atoms with Crippen molar-refractivity contribution in [2.45, 2.75) is 19.3 Å². The second kappa shape index (κ2) is 7.43. The first-order chi connectivity index (χ1) is 7.34. The molecule has 0 saturated carbocycles. The second-order valence-electron chi connectivity index (χ2n) is 3.51. The highest BCUT2D eigenvalue weighted by atomic mass is 32.2. The van der Waals surface area contributed by atoms with Gasteiger partial charge in [-0.3, -0.25) is 4.79 Å². The fraction of sp³-hybridized carbons (Fsp3) is 0.889. The molecule has 1 amide bonds. The molecule has 5 nitrogen and oxygen atoms in total. The van der Waals surface area contributed by atoms with E-state index in [-0.39, 0.29) is 11.8 Å². The fourth-order valence-electron chi connectivity index (χ4n) is 1.45. The van der Waals surface area contributed by atoms with Crippen LogP contribution in [0.25, 0.3) is 10.4 Å². The Balaban J connectivity index is 1.99. The Morgan fingerprint density at radius 1 is 1.60 bits per heavy atom. The maximum atomic E-state index is 11.5. The monoisotopic (exact) mass is 228 g/mol. The van der Waals surface area contributed by atoms with Crippen LogP contribution in [0.3, 0.4) is 0 Å². The summed E-state index contributed by atoms with van der Waals surface area (Å²) in [5.74, 6) is 2.47. The average molecular weight is 228 g/mol. The van der Waals surface area contributed by atoms with E-state index in [1.165, 1.54) is 0 Å². The van der Waals surface area contributed by atoms with Gasteiger partial charge in [-0.2, -0.15) is 11.8 Å². The third-order valence-corrected chi connectivity index (χ3v) is 3.51. The predicted molar refractivity (Wildman–Crippen MR) is 61.7 cm³/mol. The Morgan fingerprint density at radius 3 is 3.13 bits per heavy atom. The van der Waals surface area contributed by atoms with Crippen molar-refractivity contribution in [3.8, 4) is 0 Å². The molecule has 0 bridgehead atoms. The van der Waals surface area contributed by atoms with Gasteiger partial charge in [-0.05, 0) is 30.5 Å². The highest BCUT2D eigenvalue weighted by molar-refractivity contribution is 7.99. The molecule has 1 atom stereocenters. The molecule has 84 valence electrons. The minimum absolute atomic E-state index is 0.184. The zero-order valence-electron chi connectivity index (χ0n) is 8.69. The Kier molecular flexibility index (Phi) is 6.04. The number of carbonyl (C=O) groups excluding carboxylic acids is 1. The largest absolute Gasteiger partial charge is 0.356 e. The summed E-state index contributed by atoms with van der Waals surface area (Å²) in [4.78, 5) is 14.2. The molecule has 0 aromatic carbocycles. The SMILES string of the molecule is [N-]=[N+]=NCCCCNC(=O)C1CCSC1. The van der Waals surface area contributed by atoms with Crippen LogP contribution in [-0.4, -0.2) is 30.5 Å². The van der Waals surface area contributed by atoms with Gasteiger partial charge < -0.3 is 5.32 Å². The van der Waals surface area contributed by atoms with Crippen molar-refractivity contribution in [3.63, 3.8) is 0 Å². The van der Waals surface area contributed by atoms with Crippen LogP contribution in [0.2, 0.25) is 0 Å². The van der Waals surface area contributed by atoms with Gasteiger partial charge in [0.1, 0.15) is 0 Å². The van der Waals surface area contributed by atoms with Crippen LogP contribution < -0.4 is 5.32 Å². The molecule has 0 radical (unpaired) electrons. The predicted octanol–water partition coefficient (Wildman–Crippen LogP) is 1.95. The average Bonchev–Trinajstić information content (AvgIpc) is 2.76. The van der Waals surface area contributed by atoms with Crippen molar-refractivity contribution < 1.29 is 4.79 Å². The number of rotatable bonds is 6. The first kappa shape index (κ1) is 12.2. The molecule has 0 aromatic rings. The number of thioether (sulfide) groups is 1. The summed E-state index contributed by atoms with van der Waals surface area (Å²) in [5.41, 5.74) is 8.04. The highest BCUT2D eigenvalue weighted by Gasteiger charge is 2.22. The van der Waals surface area contributed by atoms with Crippen molar-refractivity contribution in [1.82, 2.24) is 5.32 Å². The normalized spacial score (nSPS) is 19.6. The number of unbranched alkanes of at least 4 members (excludes halogenated alkanes) is 1. The standard InChI is InChI=1S/C9H16N4OS/c10-13-12-5-2-1-4-11-9(14)8-3-6-15-7-8/h8H,1-7H2,(H,11,14). The molecule has 0 spiro atoms. The van der Waals surface area contributed by atoms with E-state index in [0.29, 0.717) is 13.1 Å².